The molecule has 1 saturated carbocycles. The largest absolute Gasteiger partial charge is 0.500 e. The third-order valence-corrected chi connectivity index (χ3v) is 21.8. The fourth-order valence-electron chi connectivity index (χ4n) is 17.8. The second-order valence-corrected chi connectivity index (χ2v) is 22.6. The molecule has 9 unspecified atom stereocenters. The molecule has 9 atom stereocenters. The number of nitrogens with zero attached hydrogens (tertiary/aromatic N) is 1. The lowest BCUT2D eigenvalue weighted by molar-refractivity contribution is -0.147. The van der Waals surface area contributed by atoms with E-state index in [-0.39, 0.29) is 5.97 Å². The standard InChI is InChI=1S/C53H43NO5Si/c1-5-57-60(58-6-2,59-7-3)20-8-19-54-21-52-30-17-18-31-29-16-14-27-25-12-10-23-22-9-11-24-26-13-15-28(30)38-36(26)41-34(24)32(22)40-33(23)35(25)42-37(27)39(29)49(53(31,52)50(54)51(55)56-4)47-45(42)43(40)44(41)46(47)48(38)52/h9-18,22,24,26,32,34,36,50H,5-8,19-21H2,1-4H3. The normalized spacial score (nSPS) is 34.1. The number of benzene rings is 4. The van der Waals surface area contributed by atoms with Gasteiger partial charge in [-0.25, -0.2) is 0 Å². The Hall–Kier alpha value is -4.63. The zero-order chi connectivity index (χ0) is 39.2. The Bertz CT molecular complexity index is 3500. The van der Waals surface area contributed by atoms with Crippen molar-refractivity contribution in [3.8, 4) is 0 Å². The van der Waals surface area contributed by atoms with Gasteiger partial charge in [0.1, 0.15) is 6.04 Å². The highest BCUT2D eigenvalue weighted by molar-refractivity contribution is 6.60. The lowest BCUT2D eigenvalue weighted by Gasteiger charge is -2.53. The van der Waals surface area contributed by atoms with Crippen LogP contribution < -0.4 is 10.4 Å². The number of likely N-dealkylation sites (tertiary alicyclic amines) is 1. The molecule has 17 rings (SSSR count). The molecular formula is C53H43NO5Si. The molecule has 10 aliphatic carbocycles. The molecule has 60 heavy (non-hydrogen) atoms. The van der Waals surface area contributed by atoms with Crippen LogP contribution in [0.1, 0.15) is 61.3 Å². The number of allylic oxidation sites excluding steroid dienone is 8. The van der Waals surface area contributed by atoms with Gasteiger partial charge in [0.15, 0.2) is 0 Å². The van der Waals surface area contributed by atoms with E-state index in [4.69, 9.17) is 18.0 Å². The first-order valence-electron chi connectivity index (χ1n) is 22.9. The van der Waals surface area contributed by atoms with Gasteiger partial charge < -0.3 is 18.0 Å². The van der Waals surface area contributed by atoms with E-state index < -0.39 is 25.7 Å². The predicted molar refractivity (Wildman–Crippen MR) is 236 cm³/mol. The third kappa shape index (κ3) is 2.69. The van der Waals surface area contributed by atoms with Crippen molar-refractivity contribution in [3.63, 3.8) is 0 Å². The van der Waals surface area contributed by atoms with Crippen LogP contribution in [0.5, 0.6) is 0 Å². The van der Waals surface area contributed by atoms with Crippen molar-refractivity contribution in [1.82, 2.24) is 4.90 Å². The molecule has 1 saturated heterocycles. The first-order valence-corrected chi connectivity index (χ1v) is 24.8. The van der Waals surface area contributed by atoms with E-state index in [9.17, 15) is 0 Å². The summed E-state index contributed by atoms with van der Waals surface area (Å²) in [5, 5.41) is 17.8. The summed E-state index contributed by atoms with van der Waals surface area (Å²) in [5.41, 5.74) is 14.4. The van der Waals surface area contributed by atoms with E-state index in [2.05, 4.69) is 65.6 Å². The molecular weight excluding hydrogens is 759 g/mol. The predicted octanol–water partition coefficient (Wildman–Crippen LogP) is 8.07. The van der Waals surface area contributed by atoms with Crippen LogP contribution in [0.4, 0.5) is 0 Å². The van der Waals surface area contributed by atoms with E-state index in [1.807, 2.05) is 20.8 Å². The van der Waals surface area contributed by atoms with Gasteiger partial charge in [-0.2, -0.15) is 0 Å². The maximum Gasteiger partial charge on any atom is 0.500 e. The lowest BCUT2D eigenvalue weighted by atomic mass is 9.46. The van der Waals surface area contributed by atoms with Gasteiger partial charge in [0, 0.05) is 50.2 Å². The molecule has 1 heterocycles. The van der Waals surface area contributed by atoms with Crippen LogP contribution in [-0.2, 0) is 28.2 Å². The average molecular weight is 802 g/mol. The fraction of sp³-hybridized carbons (Fsp3) is 0.377. The molecule has 1 aliphatic heterocycles. The van der Waals surface area contributed by atoms with Crippen molar-refractivity contribution < 1.29 is 22.8 Å². The van der Waals surface area contributed by atoms with Crippen molar-refractivity contribution >= 4 is 85.4 Å². The maximum absolute atomic E-state index is 15.3. The Morgan fingerprint density at radius 3 is 2.37 bits per heavy atom. The highest BCUT2D eigenvalue weighted by Gasteiger charge is 2.78. The minimum Gasteiger partial charge on any atom is -0.468 e. The Balaban J connectivity index is 1.05. The summed E-state index contributed by atoms with van der Waals surface area (Å²) in [6.07, 6.45) is 16.3. The van der Waals surface area contributed by atoms with E-state index in [1.54, 1.807) is 56.5 Å². The van der Waals surface area contributed by atoms with Crippen molar-refractivity contribution in [2.45, 2.75) is 56.5 Å². The Morgan fingerprint density at radius 1 is 0.800 bits per heavy atom. The maximum atomic E-state index is 15.3. The van der Waals surface area contributed by atoms with Gasteiger partial charge in [0.25, 0.3) is 0 Å². The highest BCUT2D eigenvalue weighted by Crippen LogP contribution is 2.81. The minimum atomic E-state index is -2.92. The smallest absolute Gasteiger partial charge is 0.468 e. The summed E-state index contributed by atoms with van der Waals surface area (Å²) >= 11 is 0. The average Bonchev–Trinajstić information content (AvgIpc) is 4.10. The fourth-order valence-corrected chi connectivity index (χ4v) is 20.4. The summed E-state index contributed by atoms with van der Waals surface area (Å²) < 4.78 is 25.3. The second kappa shape index (κ2) is 9.54. The Kier molecular flexibility index (Phi) is 5.11. The summed E-state index contributed by atoms with van der Waals surface area (Å²) in [6.45, 7) is 9.26. The molecule has 2 fully saturated rings. The Morgan fingerprint density at radius 2 is 1.57 bits per heavy atom. The number of rotatable bonds is 11. The number of fused-ring (bicyclic) bond motifs is 3. The number of esters is 1. The zero-order valence-corrected chi connectivity index (χ0v) is 35.3. The van der Waals surface area contributed by atoms with E-state index in [1.165, 1.54) is 70.6 Å². The molecule has 7 heteroatoms. The molecule has 294 valence electrons. The van der Waals surface area contributed by atoms with E-state index >= 15 is 4.79 Å². The van der Waals surface area contributed by atoms with Crippen LogP contribution in [0.3, 0.4) is 0 Å². The van der Waals surface area contributed by atoms with Gasteiger partial charge in [-0.1, -0.05) is 60.7 Å². The monoisotopic (exact) mass is 801 g/mol. The summed E-state index contributed by atoms with van der Waals surface area (Å²) in [5.74, 6) is 2.63. The number of hydrogen-bond acceptors (Lipinski definition) is 6. The molecule has 11 aliphatic rings. The second-order valence-electron chi connectivity index (χ2n) is 19.9. The van der Waals surface area contributed by atoms with E-state index in [0.29, 0.717) is 61.4 Å². The molecule has 6 aromatic rings. The zero-order valence-electron chi connectivity index (χ0n) is 34.3. The topological polar surface area (TPSA) is 57.2 Å². The van der Waals surface area contributed by atoms with Gasteiger partial charge in [0.2, 0.25) is 0 Å². The van der Waals surface area contributed by atoms with Gasteiger partial charge in [-0.05, 0) is 171 Å². The van der Waals surface area contributed by atoms with Crippen LogP contribution >= 0.6 is 0 Å². The van der Waals surface area contributed by atoms with Gasteiger partial charge >= 0.3 is 14.8 Å². The van der Waals surface area contributed by atoms with Gasteiger partial charge in [-0.3, -0.25) is 9.69 Å². The van der Waals surface area contributed by atoms with Crippen molar-refractivity contribution in [2.24, 2.45) is 29.1 Å². The first-order chi connectivity index (χ1) is 29.5. The highest BCUT2D eigenvalue weighted by atomic mass is 28.4. The number of carbonyl (C=O) groups excluding carboxylic acids is 1. The molecule has 2 spiro atoms. The number of hydrogen-bond donors (Lipinski definition) is 0. The molecule has 0 aromatic heterocycles. The third-order valence-electron chi connectivity index (χ3n) is 18.6. The summed E-state index contributed by atoms with van der Waals surface area (Å²) in [4.78, 5) is 17.9. The summed E-state index contributed by atoms with van der Waals surface area (Å²) in [7, 11) is -1.30. The number of ether oxygens (including phenoxy) is 1. The molecule has 0 N–H and O–H groups in total. The molecule has 6 nitrogen and oxygen atoms in total. The number of methoxy groups -OCH3 is 1. The first kappa shape index (κ1) is 32.1. The van der Waals surface area contributed by atoms with Crippen LogP contribution in [0.2, 0.25) is 6.04 Å². The van der Waals surface area contributed by atoms with Crippen LogP contribution in [-0.4, -0.2) is 65.7 Å². The molecule has 0 radical (unpaired) electrons. The van der Waals surface area contributed by atoms with Crippen LogP contribution in [0, 0.1) is 29.1 Å². The van der Waals surface area contributed by atoms with Crippen molar-refractivity contribution in [1.29, 1.82) is 0 Å². The summed E-state index contributed by atoms with van der Waals surface area (Å²) in [6, 6.07) is 10.1. The Labute approximate surface area is 347 Å². The molecule has 0 bridgehead atoms. The van der Waals surface area contributed by atoms with Crippen LogP contribution in [0.15, 0.2) is 77.4 Å². The van der Waals surface area contributed by atoms with Crippen LogP contribution in [0.25, 0.3) is 70.6 Å². The molecule has 0 amide bonds. The quantitative estimate of drug-likeness (QED) is 0.0572. The van der Waals surface area contributed by atoms with Crippen molar-refractivity contribution in [3.05, 3.63) is 110 Å². The number of carbonyl (C=O) groups is 1. The molecule has 6 aromatic carbocycles. The van der Waals surface area contributed by atoms with Gasteiger partial charge in [0.05, 0.1) is 17.9 Å². The van der Waals surface area contributed by atoms with Crippen molar-refractivity contribution in [2.75, 3.05) is 40.0 Å². The lowest BCUT2D eigenvalue weighted by Crippen LogP contribution is -2.57. The van der Waals surface area contributed by atoms with E-state index in [0.717, 1.165) is 19.5 Å². The van der Waals surface area contributed by atoms with Gasteiger partial charge in [-0.15, -0.1) is 0 Å². The minimum absolute atomic E-state index is 0.118. The SMILES string of the molecule is CCO[Si](CCCN1CC23C4=C5C=CC6C7C5=C2c2c5c8c9c%10c(ccc%11c%12ccc%13c%14c(c2c8c(c%10%11)c%14%12)C3(C=%13C=C4)C1C(=O)OC)C1C=CC6C(C=57)C91)(OCC)OCC.